The van der Waals surface area contributed by atoms with Crippen LogP contribution in [0.5, 0.6) is 0 Å². The number of fused-ring (bicyclic) bond motifs is 1. The van der Waals surface area contributed by atoms with Crippen molar-refractivity contribution in [3.63, 3.8) is 0 Å². The summed E-state index contributed by atoms with van der Waals surface area (Å²) >= 11 is 0. The van der Waals surface area contributed by atoms with Crippen molar-refractivity contribution in [2.24, 2.45) is 0 Å². The smallest absolute Gasteiger partial charge is 0.216 e. The first-order valence-corrected chi connectivity index (χ1v) is 6.55. The van der Waals surface area contributed by atoms with Crippen molar-refractivity contribution in [3.8, 4) is 0 Å². The van der Waals surface area contributed by atoms with Gasteiger partial charge in [-0.1, -0.05) is 0 Å². The largest absolute Gasteiger partial charge is 0.346 e. The maximum absolute atomic E-state index is 5.80. The Morgan fingerprint density at radius 2 is 1.35 bits per heavy atom. The molecule has 1 spiro atoms. The van der Waals surface area contributed by atoms with Crippen LogP contribution in [0.1, 0.15) is 6.42 Å². The van der Waals surface area contributed by atoms with Crippen LogP contribution in [-0.4, -0.2) is 59.0 Å². The van der Waals surface area contributed by atoms with Gasteiger partial charge < -0.3 is 28.4 Å². The van der Waals surface area contributed by atoms with Crippen molar-refractivity contribution in [3.05, 3.63) is 23.3 Å². The van der Waals surface area contributed by atoms with Gasteiger partial charge in [0, 0.05) is 40.4 Å². The lowest BCUT2D eigenvalue weighted by Gasteiger charge is -2.53. The van der Waals surface area contributed by atoms with E-state index < -0.39 is 17.4 Å². The molecule has 112 valence electrons. The van der Waals surface area contributed by atoms with E-state index in [1.807, 2.05) is 0 Å². The Morgan fingerprint density at radius 1 is 0.850 bits per heavy atom. The van der Waals surface area contributed by atoms with Crippen LogP contribution in [0, 0.1) is 0 Å². The third kappa shape index (κ3) is 1.55. The Hall–Kier alpha value is -0.760. The van der Waals surface area contributed by atoms with Gasteiger partial charge in [0.15, 0.2) is 0 Å². The summed E-state index contributed by atoms with van der Waals surface area (Å²) < 4.78 is 33.9. The zero-order valence-corrected chi connectivity index (χ0v) is 12.2. The normalized spacial score (nSPS) is 28.6. The predicted octanol–water partition coefficient (Wildman–Crippen LogP) is 0.978. The SMILES string of the molecule is COC1(OC)C=CC(OC)(OC)C2=C1CC21OCCO1. The van der Waals surface area contributed by atoms with Crippen molar-refractivity contribution < 1.29 is 28.4 Å². The van der Waals surface area contributed by atoms with Gasteiger partial charge in [0.05, 0.1) is 18.8 Å². The second kappa shape index (κ2) is 4.62. The number of hydrogen-bond acceptors (Lipinski definition) is 6. The lowest BCUT2D eigenvalue weighted by atomic mass is 9.69. The molecule has 1 aliphatic heterocycles. The van der Waals surface area contributed by atoms with Gasteiger partial charge in [0.25, 0.3) is 0 Å². The van der Waals surface area contributed by atoms with Crippen molar-refractivity contribution in [2.75, 3.05) is 41.7 Å². The highest BCUT2D eigenvalue weighted by atomic mass is 16.8. The summed E-state index contributed by atoms with van der Waals surface area (Å²) in [5, 5.41) is 0. The summed E-state index contributed by atoms with van der Waals surface area (Å²) in [6.45, 7) is 1.11. The highest BCUT2D eigenvalue weighted by molar-refractivity contribution is 5.52. The van der Waals surface area contributed by atoms with Crippen molar-refractivity contribution in [1.82, 2.24) is 0 Å². The maximum Gasteiger partial charge on any atom is 0.216 e. The fourth-order valence-corrected chi connectivity index (χ4v) is 3.30. The van der Waals surface area contributed by atoms with E-state index >= 15 is 0 Å². The molecule has 1 heterocycles. The van der Waals surface area contributed by atoms with Gasteiger partial charge in [-0.15, -0.1) is 0 Å². The molecule has 0 aromatic carbocycles. The van der Waals surface area contributed by atoms with Gasteiger partial charge in [-0.25, -0.2) is 0 Å². The van der Waals surface area contributed by atoms with E-state index in [0.717, 1.165) is 11.1 Å². The van der Waals surface area contributed by atoms with Gasteiger partial charge in [-0.2, -0.15) is 0 Å². The van der Waals surface area contributed by atoms with Crippen molar-refractivity contribution >= 4 is 0 Å². The number of rotatable bonds is 4. The molecule has 0 saturated carbocycles. The summed E-state index contributed by atoms with van der Waals surface area (Å²) in [6, 6.07) is 0. The Labute approximate surface area is 118 Å². The molecule has 1 saturated heterocycles. The van der Waals surface area contributed by atoms with Crippen LogP contribution < -0.4 is 0 Å². The van der Waals surface area contributed by atoms with Crippen LogP contribution >= 0.6 is 0 Å². The molecular weight excluding hydrogens is 264 g/mol. The zero-order chi connectivity index (χ0) is 14.4. The summed E-state index contributed by atoms with van der Waals surface area (Å²) in [4.78, 5) is 0. The quantitative estimate of drug-likeness (QED) is 0.566. The molecule has 6 nitrogen and oxygen atoms in total. The molecule has 20 heavy (non-hydrogen) atoms. The monoisotopic (exact) mass is 284 g/mol. The summed E-state index contributed by atoms with van der Waals surface area (Å²) in [7, 11) is 6.39. The first-order valence-electron chi connectivity index (χ1n) is 6.55. The molecule has 0 aromatic rings. The molecule has 0 N–H and O–H groups in total. The first kappa shape index (κ1) is 14.2. The minimum Gasteiger partial charge on any atom is -0.346 e. The average Bonchev–Trinajstić information content (AvgIpc) is 2.97. The van der Waals surface area contributed by atoms with E-state index in [9.17, 15) is 0 Å². The van der Waals surface area contributed by atoms with Crippen LogP contribution in [0.2, 0.25) is 0 Å². The van der Waals surface area contributed by atoms with Gasteiger partial charge in [0.1, 0.15) is 0 Å². The van der Waals surface area contributed by atoms with Gasteiger partial charge >= 0.3 is 0 Å². The zero-order valence-electron chi connectivity index (χ0n) is 12.2. The molecular formula is C14H20O6. The Bertz CT molecular complexity index is 452. The summed E-state index contributed by atoms with van der Waals surface area (Å²) in [6.07, 6.45) is 4.16. The Morgan fingerprint density at radius 3 is 1.85 bits per heavy atom. The van der Waals surface area contributed by atoms with Crippen LogP contribution in [0.3, 0.4) is 0 Å². The van der Waals surface area contributed by atoms with E-state index in [1.165, 1.54) is 0 Å². The third-order valence-electron chi connectivity index (χ3n) is 4.35. The molecule has 0 unspecified atom stereocenters. The third-order valence-corrected chi connectivity index (χ3v) is 4.35. The maximum atomic E-state index is 5.80. The summed E-state index contributed by atoms with van der Waals surface area (Å²) in [5.41, 5.74) is 1.72. The summed E-state index contributed by atoms with van der Waals surface area (Å²) in [5.74, 6) is -2.69. The first-order chi connectivity index (χ1) is 9.62. The average molecular weight is 284 g/mol. The van der Waals surface area contributed by atoms with E-state index in [1.54, 1.807) is 40.6 Å². The van der Waals surface area contributed by atoms with Crippen LogP contribution in [-0.2, 0) is 28.4 Å². The molecule has 0 bridgehead atoms. The van der Waals surface area contributed by atoms with Gasteiger partial charge in [-0.3, -0.25) is 0 Å². The van der Waals surface area contributed by atoms with Gasteiger partial charge in [-0.05, 0) is 12.2 Å². The number of ether oxygens (including phenoxy) is 6. The van der Waals surface area contributed by atoms with E-state index in [2.05, 4.69) is 0 Å². The van der Waals surface area contributed by atoms with E-state index in [4.69, 9.17) is 28.4 Å². The highest BCUT2D eigenvalue weighted by Crippen LogP contribution is 2.57. The number of methoxy groups -OCH3 is 4. The second-order valence-corrected chi connectivity index (χ2v) is 4.96. The molecule has 0 amide bonds. The highest BCUT2D eigenvalue weighted by Gasteiger charge is 2.64. The fourth-order valence-electron chi connectivity index (χ4n) is 3.30. The Balaban J connectivity index is 2.12. The molecule has 3 rings (SSSR count). The minimum atomic E-state index is -1.00. The lowest BCUT2D eigenvalue weighted by Crippen LogP contribution is -2.60. The van der Waals surface area contributed by atoms with E-state index in [0.29, 0.717) is 19.6 Å². The molecule has 0 aromatic heterocycles. The van der Waals surface area contributed by atoms with Crippen LogP contribution in [0.25, 0.3) is 0 Å². The molecule has 0 atom stereocenters. The lowest BCUT2D eigenvalue weighted by molar-refractivity contribution is -0.242. The fraction of sp³-hybridized carbons (Fsp3) is 0.714. The van der Waals surface area contributed by atoms with Crippen molar-refractivity contribution in [2.45, 2.75) is 23.8 Å². The predicted molar refractivity (Wildman–Crippen MR) is 68.9 cm³/mol. The topological polar surface area (TPSA) is 55.4 Å². The minimum absolute atomic E-state index is 0.553. The molecule has 2 aliphatic carbocycles. The molecule has 0 radical (unpaired) electrons. The van der Waals surface area contributed by atoms with E-state index in [-0.39, 0.29) is 0 Å². The molecule has 3 aliphatic rings. The standard InChI is InChI=1S/C14H20O6/c1-15-12(16-2)5-6-13(17-3,18-4)11-10(12)9-14(11)19-7-8-20-14/h5-6H,7-9H2,1-4H3. The second-order valence-electron chi connectivity index (χ2n) is 4.96. The molecule has 1 fully saturated rings. The van der Waals surface area contributed by atoms with Crippen LogP contribution in [0.15, 0.2) is 23.3 Å². The molecule has 6 heteroatoms. The van der Waals surface area contributed by atoms with Gasteiger partial charge in [0.2, 0.25) is 17.4 Å². The van der Waals surface area contributed by atoms with Crippen molar-refractivity contribution in [1.29, 1.82) is 0 Å². The number of hydrogen-bond donors (Lipinski definition) is 0. The Kier molecular flexibility index (Phi) is 3.28. The van der Waals surface area contributed by atoms with Crippen LogP contribution in [0.4, 0.5) is 0 Å².